The Hall–Kier alpha value is -1.05. The molecule has 0 radical (unpaired) electrons. The lowest BCUT2D eigenvalue weighted by Crippen LogP contribution is -2.48. The highest BCUT2D eigenvalue weighted by molar-refractivity contribution is 6.03. The highest BCUT2D eigenvalue weighted by atomic mass is 16.3. The molecular weight excluding hydrogens is 212 g/mol. The third-order valence-corrected chi connectivity index (χ3v) is 5.26. The van der Waals surface area contributed by atoms with Crippen molar-refractivity contribution in [2.45, 2.75) is 46.5 Å². The standard InChI is InChI=1S/C15H20O2/c1-9-8-17-12-7-11-6-4-5-10(2)15(11,3)14(16)13(9)12/h8,10-11H,4-7H2,1-3H3/t10-,11+,15+/m0/s1. The van der Waals surface area contributed by atoms with Crippen LogP contribution in [0.3, 0.4) is 0 Å². The SMILES string of the molecule is Cc1coc2c1C(=O)[C@@]1(C)[C@H](CCC[C@@H]1C)C2. The molecule has 0 spiro atoms. The highest BCUT2D eigenvalue weighted by Crippen LogP contribution is 2.52. The first-order valence-electron chi connectivity index (χ1n) is 6.67. The van der Waals surface area contributed by atoms with Crippen molar-refractivity contribution < 1.29 is 9.21 Å². The second-order valence-corrected chi connectivity index (χ2v) is 6.06. The fourth-order valence-electron chi connectivity index (χ4n) is 3.84. The predicted molar refractivity (Wildman–Crippen MR) is 66.1 cm³/mol. The molecule has 0 aliphatic heterocycles. The van der Waals surface area contributed by atoms with Crippen molar-refractivity contribution in [2.24, 2.45) is 17.3 Å². The molecule has 3 rings (SSSR count). The van der Waals surface area contributed by atoms with Crippen molar-refractivity contribution in [3.63, 3.8) is 0 Å². The van der Waals surface area contributed by atoms with Crippen LogP contribution in [0.4, 0.5) is 0 Å². The molecular formula is C15H20O2. The smallest absolute Gasteiger partial charge is 0.173 e. The predicted octanol–water partition coefficient (Wildman–Crippen LogP) is 3.77. The van der Waals surface area contributed by atoms with Crippen LogP contribution in [0, 0.1) is 24.2 Å². The number of hydrogen-bond acceptors (Lipinski definition) is 2. The number of hydrogen-bond donors (Lipinski definition) is 0. The first kappa shape index (κ1) is 11.1. The largest absolute Gasteiger partial charge is 0.468 e. The van der Waals surface area contributed by atoms with Crippen LogP contribution < -0.4 is 0 Å². The molecule has 0 aromatic carbocycles. The van der Waals surface area contributed by atoms with E-state index in [1.807, 2.05) is 6.92 Å². The molecule has 17 heavy (non-hydrogen) atoms. The third kappa shape index (κ3) is 1.30. The normalized spacial score (nSPS) is 36.5. The maximum Gasteiger partial charge on any atom is 0.173 e. The lowest BCUT2D eigenvalue weighted by molar-refractivity contribution is 0.0305. The number of rotatable bonds is 0. The zero-order valence-electron chi connectivity index (χ0n) is 10.9. The van der Waals surface area contributed by atoms with Crippen molar-refractivity contribution >= 4 is 5.78 Å². The summed E-state index contributed by atoms with van der Waals surface area (Å²) >= 11 is 0. The van der Waals surface area contributed by atoms with Crippen LogP contribution in [0.15, 0.2) is 10.7 Å². The quantitative estimate of drug-likeness (QED) is 0.681. The molecule has 1 saturated carbocycles. The van der Waals surface area contributed by atoms with E-state index in [9.17, 15) is 4.79 Å². The molecule has 1 fully saturated rings. The van der Waals surface area contributed by atoms with E-state index in [1.165, 1.54) is 19.3 Å². The summed E-state index contributed by atoms with van der Waals surface area (Å²) in [4.78, 5) is 12.8. The van der Waals surface area contributed by atoms with Crippen molar-refractivity contribution in [1.82, 2.24) is 0 Å². The number of furan rings is 1. The van der Waals surface area contributed by atoms with Crippen LogP contribution in [0.5, 0.6) is 0 Å². The van der Waals surface area contributed by atoms with Crippen molar-refractivity contribution in [3.05, 3.63) is 23.2 Å². The van der Waals surface area contributed by atoms with E-state index in [4.69, 9.17) is 4.42 Å². The lowest BCUT2D eigenvalue weighted by atomic mass is 9.55. The van der Waals surface area contributed by atoms with E-state index in [-0.39, 0.29) is 5.41 Å². The van der Waals surface area contributed by atoms with Crippen LogP contribution in [-0.2, 0) is 6.42 Å². The molecule has 3 atom stereocenters. The maximum atomic E-state index is 12.8. The molecule has 0 bridgehead atoms. The van der Waals surface area contributed by atoms with Gasteiger partial charge >= 0.3 is 0 Å². The topological polar surface area (TPSA) is 30.2 Å². The number of fused-ring (bicyclic) bond motifs is 2. The molecule has 1 aromatic heterocycles. The van der Waals surface area contributed by atoms with E-state index in [2.05, 4.69) is 13.8 Å². The van der Waals surface area contributed by atoms with Crippen molar-refractivity contribution in [2.75, 3.05) is 0 Å². The zero-order valence-corrected chi connectivity index (χ0v) is 10.9. The molecule has 0 saturated heterocycles. The van der Waals surface area contributed by atoms with Gasteiger partial charge in [0.15, 0.2) is 5.78 Å². The first-order valence-corrected chi connectivity index (χ1v) is 6.67. The van der Waals surface area contributed by atoms with Gasteiger partial charge < -0.3 is 4.42 Å². The fourth-order valence-corrected chi connectivity index (χ4v) is 3.84. The summed E-state index contributed by atoms with van der Waals surface area (Å²) in [5, 5.41) is 0. The Kier molecular flexibility index (Phi) is 2.26. The van der Waals surface area contributed by atoms with E-state index in [1.54, 1.807) is 6.26 Å². The number of aryl methyl sites for hydroxylation is 1. The summed E-state index contributed by atoms with van der Waals surface area (Å²) < 4.78 is 5.57. The second-order valence-electron chi connectivity index (χ2n) is 6.06. The van der Waals surface area contributed by atoms with Crippen LogP contribution in [0.2, 0.25) is 0 Å². The van der Waals surface area contributed by atoms with Gasteiger partial charge in [-0.3, -0.25) is 4.79 Å². The van der Waals surface area contributed by atoms with Gasteiger partial charge in [-0.25, -0.2) is 0 Å². The van der Waals surface area contributed by atoms with E-state index in [0.717, 1.165) is 23.3 Å². The zero-order chi connectivity index (χ0) is 12.2. The van der Waals surface area contributed by atoms with Gasteiger partial charge in [0.25, 0.3) is 0 Å². The Balaban J connectivity index is 2.13. The van der Waals surface area contributed by atoms with Gasteiger partial charge in [-0.2, -0.15) is 0 Å². The Morgan fingerprint density at radius 3 is 2.94 bits per heavy atom. The lowest BCUT2D eigenvalue weighted by Gasteiger charge is -2.47. The Morgan fingerprint density at radius 1 is 1.41 bits per heavy atom. The second kappa shape index (κ2) is 3.47. The molecule has 1 heterocycles. The van der Waals surface area contributed by atoms with Crippen molar-refractivity contribution in [3.8, 4) is 0 Å². The van der Waals surface area contributed by atoms with Crippen LogP contribution in [0.25, 0.3) is 0 Å². The average Bonchev–Trinajstić information content (AvgIpc) is 2.65. The van der Waals surface area contributed by atoms with Crippen LogP contribution in [0.1, 0.15) is 54.8 Å². The van der Waals surface area contributed by atoms with Gasteiger partial charge in [-0.1, -0.05) is 20.3 Å². The monoisotopic (exact) mass is 232 g/mol. The molecule has 1 aromatic rings. The molecule has 2 heteroatoms. The van der Waals surface area contributed by atoms with Gasteiger partial charge in [0.05, 0.1) is 11.8 Å². The molecule has 0 amide bonds. The highest BCUT2D eigenvalue weighted by Gasteiger charge is 2.52. The molecule has 0 unspecified atom stereocenters. The Morgan fingerprint density at radius 2 is 2.18 bits per heavy atom. The molecule has 2 aliphatic carbocycles. The summed E-state index contributed by atoms with van der Waals surface area (Å²) in [6, 6.07) is 0. The Labute approximate surface area is 102 Å². The molecule has 2 aliphatic rings. The first-order chi connectivity index (χ1) is 8.05. The number of Topliss-reactive ketones (excluding diaryl/α,β-unsaturated/α-hetero) is 1. The van der Waals surface area contributed by atoms with Crippen LogP contribution >= 0.6 is 0 Å². The molecule has 2 nitrogen and oxygen atoms in total. The summed E-state index contributed by atoms with van der Waals surface area (Å²) in [6.45, 7) is 6.40. The third-order valence-electron chi connectivity index (χ3n) is 5.26. The van der Waals surface area contributed by atoms with Crippen LogP contribution in [-0.4, -0.2) is 5.78 Å². The summed E-state index contributed by atoms with van der Waals surface area (Å²) in [5.41, 5.74) is 1.75. The van der Waals surface area contributed by atoms with Gasteiger partial charge in [0.1, 0.15) is 5.76 Å². The van der Waals surface area contributed by atoms with E-state index in [0.29, 0.717) is 17.6 Å². The van der Waals surface area contributed by atoms with Gasteiger partial charge in [-0.05, 0) is 37.2 Å². The van der Waals surface area contributed by atoms with Gasteiger partial charge in [0, 0.05) is 11.8 Å². The summed E-state index contributed by atoms with van der Waals surface area (Å²) in [6.07, 6.45) is 6.31. The van der Waals surface area contributed by atoms with E-state index >= 15 is 0 Å². The summed E-state index contributed by atoms with van der Waals surface area (Å²) in [5.74, 6) is 2.25. The van der Waals surface area contributed by atoms with Gasteiger partial charge in [0.2, 0.25) is 0 Å². The maximum absolute atomic E-state index is 12.8. The minimum atomic E-state index is -0.153. The summed E-state index contributed by atoms with van der Waals surface area (Å²) in [7, 11) is 0. The van der Waals surface area contributed by atoms with E-state index < -0.39 is 0 Å². The fraction of sp³-hybridized carbons (Fsp3) is 0.667. The molecule has 0 N–H and O–H groups in total. The average molecular weight is 232 g/mol. The Bertz CT molecular complexity index is 471. The van der Waals surface area contributed by atoms with Crippen molar-refractivity contribution in [1.29, 1.82) is 0 Å². The van der Waals surface area contributed by atoms with Gasteiger partial charge in [-0.15, -0.1) is 0 Å². The minimum absolute atomic E-state index is 0.153. The number of ketones is 1. The number of carbonyl (C=O) groups excluding carboxylic acids is 1. The molecule has 92 valence electrons. The number of carbonyl (C=O) groups is 1. The minimum Gasteiger partial charge on any atom is -0.468 e.